The van der Waals surface area contributed by atoms with E-state index in [1.54, 1.807) is 6.20 Å². The molecule has 3 aromatic rings. The van der Waals surface area contributed by atoms with Gasteiger partial charge in [-0.05, 0) is 81.6 Å². The van der Waals surface area contributed by atoms with Crippen molar-refractivity contribution >= 4 is 52.3 Å². The van der Waals surface area contributed by atoms with Crippen molar-refractivity contribution in [3.63, 3.8) is 0 Å². The van der Waals surface area contributed by atoms with Gasteiger partial charge in [-0.3, -0.25) is 0 Å². The minimum absolute atomic E-state index is 0.192. The largest absolute Gasteiger partial charge is 0.339 e. The van der Waals surface area contributed by atoms with E-state index >= 15 is 0 Å². The van der Waals surface area contributed by atoms with Crippen LogP contribution in [-0.2, 0) is 0 Å². The van der Waals surface area contributed by atoms with E-state index in [1.165, 1.54) is 5.30 Å². The lowest BCUT2D eigenvalue weighted by molar-refractivity contribution is 1.15. The third kappa shape index (κ3) is 4.22. The van der Waals surface area contributed by atoms with Gasteiger partial charge in [0.25, 0.3) is 0 Å². The molecule has 130 valence electrons. The molecular formula is C19H15BrClN4P. The molecule has 0 saturated heterocycles. The van der Waals surface area contributed by atoms with E-state index in [-0.39, 0.29) is 13.2 Å². The third-order valence-electron chi connectivity index (χ3n) is 3.77. The van der Waals surface area contributed by atoms with Gasteiger partial charge in [0.2, 0.25) is 5.28 Å². The third-order valence-corrected chi connectivity index (χ3v) is 5.87. The van der Waals surface area contributed by atoms with E-state index in [2.05, 4.69) is 56.7 Å². The van der Waals surface area contributed by atoms with Gasteiger partial charge in [0.1, 0.15) is 5.82 Å². The molecular weight excluding hydrogens is 431 g/mol. The topological polar surface area (TPSA) is 61.6 Å². The molecule has 0 saturated carbocycles. The molecule has 26 heavy (non-hydrogen) atoms. The minimum atomic E-state index is -0.367. The summed E-state index contributed by atoms with van der Waals surface area (Å²) < 4.78 is 0.746. The molecule has 3 rings (SSSR count). The molecule has 1 aromatic heterocycles. The highest BCUT2D eigenvalue weighted by molar-refractivity contribution is 9.10. The van der Waals surface area contributed by atoms with E-state index in [4.69, 9.17) is 16.9 Å². The maximum absolute atomic E-state index is 9.12. The van der Waals surface area contributed by atoms with Gasteiger partial charge in [0.05, 0.1) is 16.1 Å². The molecule has 7 heteroatoms. The smallest absolute Gasteiger partial charge is 0.224 e. The zero-order valence-corrected chi connectivity index (χ0v) is 17.4. The number of anilines is 2. The Morgan fingerprint density at radius 1 is 1.15 bits per heavy atom. The van der Waals surface area contributed by atoms with Crippen molar-refractivity contribution in [1.29, 1.82) is 5.26 Å². The van der Waals surface area contributed by atoms with Crippen LogP contribution in [0.1, 0.15) is 5.56 Å². The summed E-state index contributed by atoms with van der Waals surface area (Å²) in [7, 11) is -0.367. The lowest BCUT2D eigenvalue weighted by Crippen LogP contribution is -2.09. The molecule has 0 aliphatic carbocycles. The van der Waals surface area contributed by atoms with E-state index in [0.29, 0.717) is 11.4 Å². The van der Waals surface area contributed by atoms with Crippen molar-refractivity contribution in [3.05, 3.63) is 64.0 Å². The average molecular weight is 446 g/mol. The van der Waals surface area contributed by atoms with Crippen LogP contribution >= 0.6 is 35.5 Å². The molecule has 0 fully saturated rings. The summed E-state index contributed by atoms with van der Waals surface area (Å²) in [6.07, 6.45) is 1.62. The van der Waals surface area contributed by atoms with Crippen LogP contribution < -0.4 is 10.6 Å². The van der Waals surface area contributed by atoms with Gasteiger partial charge in [-0.2, -0.15) is 10.2 Å². The first-order valence-electron chi connectivity index (χ1n) is 7.75. The van der Waals surface area contributed by atoms with Gasteiger partial charge in [-0.25, -0.2) is 4.98 Å². The van der Waals surface area contributed by atoms with Gasteiger partial charge in [0.15, 0.2) is 0 Å². The Morgan fingerprint density at radius 3 is 2.65 bits per heavy atom. The summed E-state index contributed by atoms with van der Waals surface area (Å²) >= 11 is 9.36. The monoisotopic (exact) mass is 444 g/mol. The molecule has 0 aliphatic heterocycles. The number of rotatable bonds is 4. The first-order valence-corrected chi connectivity index (χ1v) is 11.2. The SMILES string of the molecule is CP(C)c1cc(-c2cccc(C#N)c2)ccc1Nc1nc(Cl)ncc1Br. The van der Waals surface area contributed by atoms with Crippen LogP contribution in [0.4, 0.5) is 11.5 Å². The second-order valence-corrected chi connectivity index (χ2v) is 9.24. The van der Waals surface area contributed by atoms with Crippen LogP contribution in [0.2, 0.25) is 5.28 Å². The highest BCUT2D eigenvalue weighted by atomic mass is 79.9. The highest BCUT2D eigenvalue weighted by Crippen LogP contribution is 2.34. The number of aromatic nitrogens is 2. The molecule has 0 bridgehead atoms. The van der Waals surface area contributed by atoms with Crippen molar-refractivity contribution in [2.75, 3.05) is 18.6 Å². The summed E-state index contributed by atoms with van der Waals surface area (Å²) in [6.45, 7) is 4.40. The number of nitrogens with zero attached hydrogens (tertiary/aromatic N) is 3. The van der Waals surface area contributed by atoms with E-state index in [0.717, 1.165) is 21.3 Å². The van der Waals surface area contributed by atoms with Crippen LogP contribution in [0.3, 0.4) is 0 Å². The number of nitrogens with one attached hydrogen (secondary N) is 1. The van der Waals surface area contributed by atoms with Crippen molar-refractivity contribution in [2.24, 2.45) is 0 Å². The van der Waals surface area contributed by atoms with Crippen LogP contribution in [0, 0.1) is 11.3 Å². The summed E-state index contributed by atoms with van der Waals surface area (Å²) in [4.78, 5) is 8.19. The first-order chi connectivity index (χ1) is 12.5. The summed E-state index contributed by atoms with van der Waals surface area (Å²) in [5, 5.41) is 13.9. The predicted molar refractivity (Wildman–Crippen MR) is 113 cm³/mol. The molecule has 0 spiro atoms. The standard InChI is InChI=1S/C19H15BrClN4P/c1-26(2)17-9-14(13-5-3-4-12(8-13)10-22)6-7-16(17)24-18-15(20)11-23-19(21)25-18/h3-9,11H,1-2H3,(H,23,24,25). The number of hydrogen-bond acceptors (Lipinski definition) is 4. The maximum atomic E-state index is 9.12. The van der Waals surface area contributed by atoms with Gasteiger partial charge in [-0.1, -0.05) is 26.1 Å². The lowest BCUT2D eigenvalue weighted by atomic mass is 10.0. The highest BCUT2D eigenvalue weighted by Gasteiger charge is 2.12. The van der Waals surface area contributed by atoms with Gasteiger partial charge < -0.3 is 5.32 Å². The van der Waals surface area contributed by atoms with Gasteiger partial charge in [0, 0.05) is 11.9 Å². The lowest BCUT2D eigenvalue weighted by Gasteiger charge is -2.17. The van der Waals surface area contributed by atoms with Gasteiger partial charge >= 0.3 is 0 Å². The minimum Gasteiger partial charge on any atom is -0.339 e. The predicted octanol–water partition coefficient (Wildman–Crippen LogP) is 5.54. The fraction of sp³-hybridized carbons (Fsp3) is 0.105. The van der Waals surface area contributed by atoms with Crippen LogP contribution in [0.15, 0.2) is 53.1 Å². The fourth-order valence-corrected chi connectivity index (χ4v) is 3.95. The molecule has 0 atom stereocenters. The van der Waals surface area contributed by atoms with E-state index < -0.39 is 0 Å². The summed E-state index contributed by atoms with van der Waals surface area (Å²) in [6, 6.07) is 16.1. The quantitative estimate of drug-likeness (QED) is 0.423. The normalized spacial score (nSPS) is 10.6. The molecule has 0 amide bonds. The van der Waals surface area contributed by atoms with Crippen molar-refractivity contribution in [2.45, 2.75) is 0 Å². The Bertz CT molecular complexity index is 1000. The van der Waals surface area contributed by atoms with E-state index in [1.807, 2.05) is 36.4 Å². The molecule has 0 aliphatic rings. The zero-order chi connectivity index (χ0) is 18.7. The molecule has 4 nitrogen and oxygen atoms in total. The van der Waals surface area contributed by atoms with Crippen molar-refractivity contribution in [3.8, 4) is 17.2 Å². The Morgan fingerprint density at radius 2 is 1.92 bits per heavy atom. The summed E-state index contributed by atoms with van der Waals surface area (Å²) in [5.74, 6) is 0.627. The van der Waals surface area contributed by atoms with Crippen LogP contribution in [-0.4, -0.2) is 23.3 Å². The first kappa shape index (κ1) is 18.8. The molecule has 1 heterocycles. The number of benzene rings is 2. The second-order valence-electron chi connectivity index (χ2n) is 5.78. The average Bonchev–Trinajstić information content (AvgIpc) is 2.65. The Kier molecular flexibility index (Phi) is 5.88. The second kappa shape index (κ2) is 8.14. The number of hydrogen-bond donors (Lipinski definition) is 1. The Hall–Kier alpha value is -1.99. The van der Waals surface area contributed by atoms with Gasteiger partial charge in [-0.15, -0.1) is 0 Å². The molecule has 1 N–H and O–H groups in total. The Balaban J connectivity index is 2.02. The van der Waals surface area contributed by atoms with Crippen molar-refractivity contribution in [1.82, 2.24) is 9.97 Å². The number of nitriles is 1. The zero-order valence-electron chi connectivity index (χ0n) is 14.2. The fourth-order valence-electron chi connectivity index (χ4n) is 2.52. The number of halogens is 2. The molecule has 0 radical (unpaired) electrons. The van der Waals surface area contributed by atoms with Crippen LogP contribution in [0.25, 0.3) is 11.1 Å². The molecule has 2 aromatic carbocycles. The summed E-state index contributed by atoms with van der Waals surface area (Å²) in [5.41, 5.74) is 3.75. The van der Waals surface area contributed by atoms with Crippen LogP contribution in [0.5, 0.6) is 0 Å². The maximum Gasteiger partial charge on any atom is 0.224 e. The van der Waals surface area contributed by atoms with Crippen molar-refractivity contribution < 1.29 is 0 Å². The molecule has 0 unspecified atom stereocenters. The Labute approximate surface area is 167 Å². The van der Waals surface area contributed by atoms with E-state index in [9.17, 15) is 0 Å².